The summed E-state index contributed by atoms with van der Waals surface area (Å²) in [6.45, 7) is 1.93. The van der Waals surface area contributed by atoms with Crippen molar-refractivity contribution in [1.29, 1.82) is 0 Å². The van der Waals surface area contributed by atoms with E-state index in [0.29, 0.717) is 21.5 Å². The molecule has 3 aromatic rings. The molecular formula is C20H19ClN4O2S. The number of carbonyl (C=O) groups is 2. The van der Waals surface area contributed by atoms with Gasteiger partial charge in [0.2, 0.25) is 5.91 Å². The van der Waals surface area contributed by atoms with Gasteiger partial charge in [-0.15, -0.1) is 11.3 Å². The number of nitrogens with zero attached hydrogens (tertiary/aromatic N) is 1. The number of rotatable bonds is 6. The maximum Gasteiger partial charge on any atom is 0.325 e. The first-order valence-corrected chi connectivity index (χ1v) is 9.87. The number of carbonyl (C=O) groups excluding carboxylic acids is 2. The summed E-state index contributed by atoms with van der Waals surface area (Å²) in [6, 6.07) is 16.1. The molecule has 0 aliphatic rings. The Balaban J connectivity index is 1.50. The average molecular weight is 415 g/mol. The van der Waals surface area contributed by atoms with Gasteiger partial charge in [0.1, 0.15) is 0 Å². The van der Waals surface area contributed by atoms with Crippen molar-refractivity contribution in [3.8, 4) is 0 Å². The Morgan fingerprint density at radius 3 is 2.64 bits per heavy atom. The number of benzene rings is 2. The molecule has 0 aliphatic carbocycles. The molecule has 6 nitrogen and oxygen atoms in total. The summed E-state index contributed by atoms with van der Waals surface area (Å²) in [5.74, 6) is -0.128. The Hall–Kier alpha value is -2.90. The fourth-order valence-corrected chi connectivity index (χ4v) is 3.45. The fraction of sp³-hybridized carbons (Fsp3) is 0.150. The zero-order valence-corrected chi connectivity index (χ0v) is 16.7. The highest BCUT2D eigenvalue weighted by Crippen LogP contribution is 2.18. The van der Waals surface area contributed by atoms with Crippen LogP contribution in [0.5, 0.6) is 0 Å². The highest BCUT2D eigenvalue weighted by atomic mass is 35.5. The molecule has 0 aliphatic heterocycles. The van der Waals surface area contributed by atoms with E-state index >= 15 is 0 Å². The maximum atomic E-state index is 12.2. The molecule has 1 unspecified atom stereocenters. The molecule has 0 fully saturated rings. The van der Waals surface area contributed by atoms with Crippen LogP contribution < -0.4 is 16.0 Å². The normalized spacial score (nSPS) is 11.5. The van der Waals surface area contributed by atoms with Gasteiger partial charge in [-0.2, -0.15) is 0 Å². The van der Waals surface area contributed by atoms with Crippen molar-refractivity contribution in [1.82, 2.24) is 10.3 Å². The molecule has 1 atom stereocenters. The summed E-state index contributed by atoms with van der Waals surface area (Å²) in [6.07, 6.45) is 0.144. The minimum Gasteiger partial charge on any atom is -0.349 e. The lowest BCUT2D eigenvalue weighted by Gasteiger charge is -2.13. The van der Waals surface area contributed by atoms with E-state index in [4.69, 9.17) is 11.6 Å². The Morgan fingerprint density at radius 1 is 1.11 bits per heavy atom. The van der Waals surface area contributed by atoms with E-state index in [0.717, 1.165) is 5.56 Å². The van der Waals surface area contributed by atoms with Crippen molar-refractivity contribution in [2.75, 3.05) is 10.6 Å². The number of thiazole rings is 1. The van der Waals surface area contributed by atoms with Gasteiger partial charge < -0.3 is 10.6 Å². The van der Waals surface area contributed by atoms with Gasteiger partial charge in [-0.25, -0.2) is 9.78 Å². The Labute approximate surface area is 172 Å². The molecule has 0 radical (unpaired) electrons. The molecule has 1 aromatic heterocycles. The molecule has 0 bridgehead atoms. The van der Waals surface area contributed by atoms with E-state index in [2.05, 4.69) is 20.9 Å². The lowest BCUT2D eigenvalue weighted by Crippen LogP contribution is -2.28. The van der Waals surface area contributed by atoms with Crippen LogP contribution >= 0.6 is 22.9 Å². The number of aromatic nitrogens is 1. The van der Waals surface area contributed by atoms with Gasteiger partial charge in [0.05, 0.1) is 18.2 Å². The molecule has 0 spiro atoms. The van der Waals surface area contributed by atoms with Crippen LogP contribution in [0.25, 0.3) is 0 Å². The molecule has 2 aromatic carbocycles. The maximum absolute atomic E-state index is 12.2. The van der Waals surface area contributed by atoms with Crippen molar-refractivity contribution < 1.29 is 9.59 Å². The van der Waals surface area contributed by atoms with Crippen LogP contribution in [0.3, 0.4) is 0 Å². The van der Waals surface area contributed by atoms with Crippen molar-refractivity contribution in [3.05, 3.63) is 76.3 Å². The van der Waals surface area contributed by atoms with Gasteiger partial charge in [-0.3, -0.25) is 10.1 Å². The number of hydrogen-bond donors (Lipinski definition) is 3. The van der Waals surface area contributed by atoms with E-state index < -0.39 is 6.03 Å². The molecule has 28 heavy (non-hydrogen) atoms. The highest BCUT2D eigenvalue weighted by Gasteiger charge is 2.13. The number of anilines is 2. The van der Waals surface area contributed by atoms with Crippen molar-refractivity contribution in [2.45, 2.75) is 19.4 Å². The van der Waals surface area contributed by atoms with Gasteiger partial charge in [0, 0.05) is 16.1 Å². The van der Waals surface area contributed by atoms with Gasteiger partial charge in [-0.1, -0.05) is 48.0 Å². The van der Waals surface area contributed by atoms with Crippen LogP contribution in [-0.4, -0.2) is 16.9 Å². The molecule has 3 rings (SSSR count). The van der Waals surface area contributed by atoms with Gasteiger partial charge in [0.25, 0.3) is 0 Å². The number of halogens is 1. The largest absolute Gasteiger partial charge is 0.349 e. The number of nitrogens with one attached hydrogen (secondary N) is 3. The zero-order chi connectivity index (χ0) is 19.9. The third-order valence-corrected chi connectivity index (χ3v) is 4.92. The molecule has 0 saturated heterocycles. The van der Waals surface area contributed by atoms with Crippen LogP contribution in [0.15, 0.2) is 60.0 Å². The Bertz CT molecular complexity index is 962. The predicted octanol–water partition coefficient (Wildman–Crippen LogP) is 4.86. The first-order chi connectivity index (χ1) is 13.5. The van der Waals surface area contributed by atoms with Gasteiger partial charge in [0.15, 0.2) is 5.13 Å². The Kier molecular flexibility index (Phi) is 6.62. The molecule has 0 saturated carbocycles. The highest BCUT2D eigenvalue weighted by molar-refractivity contribution is 7.14. The van der Waals surface area contributed by atoms with Crippen LogP contribution in [0.4, 0.5) is 15.6 Å². The molecular weight excluding hydrogens is 396 g/mol. The van der Waals surface area contributed by atoms with Crippen LogP contribution in [0, 0.1) is 0 Å². The predicted molar refractivity (Wildman–Crippen MR) is 113 cm³/mol. The second-order valence-electron chi connectivity index (χ2n) is 6.11. The van der Waals surface area contributed by atoms with E-state index in [1.807, 2.05) is 37.3 Å². The third-order valence-electron chi connectivity index (χ3n) is 3.87. The third kappa shape index (κ3) is 5.80. The van der Waals surface area contributed by atoms with Gasteiger partial charge >= 0.3 is 6.03 Å². The first-order valence-electron chi connectivity index (χ1n) is 8.62. The van der Waals surface area contributed by atoms with Crippen LogP contribution in [-0.2, 0) is 11.2 Å². The monoisotopic (exact) mass is 414 g/mol. The zero-order valence-electron chi connectivity index (χ0n) is 15.1. The summed E-state index contributed by atoms with van der Waals surface area (Å²) < 4.78 is 0. The lowest BCUT2D eigenvalue weighted by molar-refractivity contribution is -0.121. The Morgan fingerprint density at radius 2 is 1.89 bits per heavy atom. The fourth-order valence-electron chi connectivity index (χ4n) is 2.55. The molecule has 3 amide bonds. The topological polar surface area (TPSA) is 83.1 Å². The number of amides is 3. The average Bonchev–Trinajstić information content (AvgIpc) is 3.08. The first kappa shape index (κ1) is 19.9. The number of urea groups is 1. The molecule has 8 heteroatoms. The lowest BCUT2D eigenvalue weighted by atomic mass is 10.1. The van der Waals surface area contributed by atoms with E-state index in [1.165, 1.54) is 11.3 Å². The summed E-state index contributed by atoms with van der Waals surface area (Å²) in [7, 11) is 0. The smallest absolute Gasteiger partial charge is 0.325 e. The van der Waals surface area contributed by atoms with Crippen LogP contribution in [0.2, 0.25) is 5.02 Å². The van der Waals surface area contributed by atoms with E-state index in [1.54, 1.807) is 29.6 Å². The van der Waals surface area contributed by atoms with Gasteiger partial charge in [-0.05, 0) is 30.7 Å². The summed E-state index contributed by atoms with van der Waals surface area (Å²) >= 11 is 7.16. The van der Waals surface area contributed by atoms with E-state index in [-0.39, 0.29) is 18.4 Å². The second-order valence-corrected chi connectivity index (χ2v) is 7.40. The summed E-state index contributed by atoms with van der Waals surface area (Å²) in [4.78, 5) is 28.6. The summed E-state index contributed by atoms with van der Waals surface area (Å²) in [5.41, 5.74) is 2.21. The molecule has 3 N–H and O–H groups in total. The standard InChI is InChI=1S/C20H19ClN4O2S/c1-13(14-6-3-2-4-7-14)22-18(26)11-17-12-28-20(24-17)25-19(27)23-16-9-5-8-15(21)10-16/h2-10,12-13H,11H2,1H3,(H,22,26)(H2,23,24,25,27). The van der Waals surface area contributed by atoms with Crippen LogP contribution in [0.1, 0.15) is 24.2 Å². The van der Waals surface area contributed by atoms with Crippen molar-refractivity contribution >= 4 is 45.7 Å². The number of hydrogen-bond acceptors (Lipinski definition) is 4. The van der Waals surface area contributed by atoms with Crippen molar-refractivity contribution in [3.63, 3.8) is 0 Å². The minimum atomic E-state index is -0.426. The van der Waals surface area contributed by atoms with E-state index in [9.17, 15) is 9.59 Å². The van der Waals surface area contributed by atoms with Crippen molar-refractivity contribution in [2.24, 2.45) is 0 Å². The second kappa shape index (κ2) is 9.34. The SMILES string of the molecule is CC(NC(=O)Cc1csc(NC(=O)Nc2cccc(Cl)c2)n1)c1ccccc1. The quantitative estimate of drug-likeness (QED) is 0.538. The minimum absolute atomic E-state index is 0.0894. The molecule has 1 heterocycles. The summed E-state index contributed by atoms with van der Waals surface area (Å²) in [5, 5.41) is 11.0. The molecule has 144 valence electrons.